The summed E-state index contributed by atoms with van der Waals surface area (Å²) in [6.45, 7) is 4.60. The first-order valence-corrected chi connectivity index (χ1v) is 7.12. The summed E-state index contributed by atoms with van der Waals surface area (Å²) in [6, 6.07) is 5.75. The van der Waals surface area contributed by atoms with Crippen LogP contribution in [0.4, 0.5) is 0 Å². The van der Waals surface area contributed by atoms with Crippen LogP contribution in [0.2, 0.25) is 0 Å². The summed E-state index contributed by atoms with van der Waals surface area (Å²) in [6.07, 6.45) is 1.17. The van der Waals surface area contributed by atoms with Crippen LogP contribution in [-0.2, 0) is 20.7 Å². The molecule has 1 aromatic rings. The molecule has 1 rings (SSSR count). The van der Waals surface area contributed by atoms with Crippen LogP contribution in [0.25, 0.3) is 0 Å². The quantitative estimate of drug-likeness (QED) is 0.588. The van der Waals surface area contributed by atoms with Crippen LogP contribution in [0, 0.1) is 6.92 Å². The lowest BCUT2D eigenvalue weighted by molar-refractivity contribution is -0.143. The van der Waals surface area contributed by atoms with E-state index < -0.39 is 0 Å². The molecule has 0 atom stereocenters. The molecule has 0 aliphatic heterocycles. The van der Waals surface area contributed by atoms with Gasteiger partial charge in [0.25, 0.3) is 0 Å². The van der Waals surface area contributed by atoms with Crippen molar-refractivity contribution in [2.24, 2.45) is 0 Å². The maximum Gasteiger partial charge on any atom is 0.305 e. The van der Waals surface area contributed by atoms with E-state index in [1.165, 1.54) is 0 Å². The Morgan fingerprint density at radius 3 is 2.71 bits per heavy atom. The number of hydrogen-bond acceptors (Lipinski definition) is 4. The maximum absolute atomic E-state index is 11.9. The van der Waals surface area contributed by atoms with Gasteiger partial charge in [0.15, 0.2) is 0 Å². The minimum atomic E-state index is -0.230. The van der Waals surface area contributed by atoms with Gasteiger partial charge in [-0.1, -0.05) is 17.7 Å². The van der Waals surface area contributed by atoms with Crippen LogP contribution < -0.4 is 10.1 Å². The Morgan fingerprint density at radius 2 is 2.05 bits per heavy atom. The average Bonchev–Trinajstić information content (AvgIpc) is 2.44. The lowest BCUT2D eigenvalue weighted by Crippen LogP contribution is -2.26. The van der Waals surface area contributed by atoms with Gasteiger partial charge in [-0.05, 0) is 26.3 Å². The third-order valence-corrected chi connectivity index (χ3v) is 2.97. The van der Waals surface area contributed by atoms with Crippen LogP contribution in [0.15, 0.2) is 18.2 Å². The molecule has 0 aliphatic rings. The third-order valence-electron chi connectivity index (χ3n) is 2.97. The maximum atomic E-state index is 11.9. The minimum Gasteiger partial charge on any atom is -0.496 e. The van der Waals surface area contributed by atoms with Gasteiger partial charge in [-0.2, -0.15) is 0 Å². The number of esters is 1. The molecule has 5 nitrogen and oxygen atoms in total. The second-order valence-electron chi connectivity index (χ2n) is 4.75. The summed E-state index contributed by atoms with van der Waals surface area (Å²) in [4.78, 5) is 23.0. The normalized spacial score (nSPS) is 10.0. The van der Waals surface area contributed by atoms with Crippen LogP contribution >= 0.6 is 0 Å². The van der Waals surface area contributed by atoms with Crippen molar-refractivity contribution in [3.05, 3.63) is 29.3 Å². The molecule has 0 aliphatic carbocycles. The highest BCUT2D eigenvalue weighted by Gasteiger charge is 2.09. The van der Waals surface area contributed by atoms with Gasteiger partial charge in [0, 0.05) is 18.5 Å². The van der Waals surface area contributed by atoms with E-state index in [1.54, 1.807) is 14.0 Å². The Balaban J connectivity index is 2.37. The summed E-state index contributed by atoms with van der Waals surface area (Å²) < 4.78 is 10.1. The molecular weight excluding hydrogens is 270 g/mol. The Labute approximate surface area is 125 Å². The van der Waals surface area contributed by atoms with Crippen molar-refractivity contribution in [2.45, 2.75) is 33.1 Å². The molecule has 0 heterocycles. The van der Waals surface area contributed by atoms with Crippen molar-refractivity contribution in [1.82, 2.24) is 5.32 Å². The molecule has 21 heavy (non-hydrogen) atoms. The molecule has 0 unspecified atom stereocenters. The molecule has 0 fully saturated rings. The SMILES string of the molecule is CCOC(=O)CCCNC(=O)Cc1cc(C)ccc1OC. The first kappa shape index (κ1) is 17.0. The van der Waals surface area contributed by atoms with Gasteiger partial charge in [-0.15, -0.1) is 0 Å². The fourth-order valence-corrected chi connectivity index (χ4v) is 1.97. The number of ether oxygens (including phenoxy) is 2. The highest BCUT2D eigenvalue weighted by Crippen LogP contribution is 2.19. The second-order valence-corrected chi connectivity index (χ2v) is 4.75. The minimum absolute atomic E-state index is 0.0808. The highest BCUT2D eigenvalue weighted by atomic mass is 16.5. The van der Waals surface area contributed by atoms with Crippen molar-refractivity contribution >= 4 is 11.9 Å². The predicted molar refractivity (Wildman–Crippen MR) is 80.3 cm³/mol. The zero-order chi connectivity index (χ0) is 15.7. The average molecular weight is 293 g/mol. The van der Waals surface area contributed by atoms with E-state index in [9.17, 15) is 9.59 Å². The number of benzene rings is 1. The molecule has 116 valence electrons. The van der Waals surface area contributed by atoms with E-state index in [0.717, 1.165) is 11.1 Å². The monoisotopic (exact) mass is 293 g/mol. The molecule has 1 N–H and O–H groups in total. The number of nitrogens with one attached hydrogen (secondary N) is 1. The van der Waals surface area contributed by atoms with Crippen LogP contribution in [0.3, 0.4) is 0 Å². The number of amides is 1. The van der Waals surface area contributed by atoms with Gasteiger partial charge in [-0.25, -0.2) is 0 Å². The number of rotatable bonds is 8. The Hall–Kier alpha value is -2.04. The first-order valence-electron chi connectivity index (χ1n) is 7.12. The summed E-state index contributed by atoms with van der Waals surface area (Å²) in [7, 11) is 1.59. The molecule has 0 aromatic heterocycles. The molecular formula is C16H23NO4. The predicted octanol–water partition coefficient (Wildman–Crippen LogP) is 2.01. The van der Waals surface area contributed by atoms with Crippen molar-refractivity contribution in [3.63, 3.8) is 0 Å². The van der Waals surface area contributed by atoms with Gasteiger partial charge in [0.05, 0.1) is 20.1 Å². The van der Waals surface area contributed by atoms with Crippen LogP contribution in [0.1, 0.15) is 30.9 Å². The standard InChI is InChI=1S/C16H23NO4/c1-4-21-16(19)6-5-9-17-15(18)11-13-10-12(2)7-8-14(13)20-3/h7-8,10H,4-6,9,11H2,1-3H3,(H,17,18). The van der Waals surface area contributed by atoms with E-state index in [-0.39, 0.29) is 18.3 Å². The summed E-state index contributed by atoms with van der Waals surface area (Å²) in [5.41, 5.74) is 1.95. The van der Waals surface area contributed by atoms with E-state index in [1.807, 2.05) is 25.1 Å². The number of hydrogen-bond donors (Lipinski definition) is 1. The Morgan fingerprint density at radius 1 is 1.29 bits per heavy atom. The van der Waals surface area contributed by atoms with Gasteiger partial charge in [0.2, 0.25) is 5.91 Å². The topological polar surface area (TPSA) is 64.6 Å². The Kier molecular flexibility index (Phi) is 7.29. The fourth-order valence-electron chi connectivity index (χ4n) is 1.97. The number of aryl methyl sites for hydroxylation is 1. The molecule has 0 spiro atoms. The van der Waals surface area contributed by atoms with Crippen molar-refractivity contribution in [2.75, 3.05) is 20.3 Å². The smallest absolute Gasteiger partial charge is 0.305 e. The van der Waals surface area contributed by atoms with E-state index in [0.29, 0.717) is 31.7 Å². The Bertz CT molecular complexity index is 485. The fraction of sp³-hybridized carbons (Fsp3) is 0.500. The van der Waals surface area contributed by atoms with Crippen LogP contribution in [0.5, 0.6) is 5.75 Å². The number of methoxy groups -OCH3 is 1. The van der Waals surface area contributed by atoms with Crippen molar-refractivity contribution < 1.29 is 19.1 Å². The second kappa shape index (κ2) is 9.00. The summed E-state index contributed by atoms with van der Waals surface area (Å²) >= 11 is 0. The van der Waals surface area contributed by atoms with E-state index in [4.69, 9.17) is 9.47 Å². The molecule has 0 saturated carbocycles. The zero-order valence-electron chi connectivity index (χ0n) is 12.9. The third kappa shape index (κ3) is 6.29. The number of carbonyl (C=O) groups excluding carboxylic acids is 2. The van der Waals surface area contributed by atoms with Gasteiger partial charge < -0.3 is 14.8 Å². The van der Waals surface area contributed by atoms with Gasteiger partial charge in [-0.3, -0.25) is 9.59 Å². The highest BCUT2D eigenvalue weighted by molar-refractivity contribution is 5.79. The summed E-state index contributed by atoms with van der Waals surface area (Å²) in [5.74, 6) is 0.400. The van der Waals surface area contributed by atoms with Gasteiger partial charge in [0.1, 0.15) is 5.75 Å². The van der Waals surface area contributed by atoms with Gasteiger partial charge >= 0.3 is 5.97 Å². The van der Waals surface area contributed by atoms with Crippen molar-refractivity contribution in [1.29, 1.82) is 0 Å². The molecule has 5 heteroatoms. The lowest BCUT2D eigenvalue weighted by atomic mass is 10.1. The van der Waals surface area contributed by atoms with Crippen molar-refractivity contribution in [3.8, 4) is 5.75 Å². The lowest BCUT2D eigenvalue weighted by Gasteiger charge is -2.10. The number of carbonyl (C=O) groups is 2. The molecule has 1 amide bonds. The van der Waals surface area contributed by atoms with E-state index >= 15 is 0 Å². The van der Waals surface area contributed by atoms with E-state index in [2.05, 4.69) is 5.32 Å². The molecule has 1 aromatic carbocycles. The van der Waals surface area contributed by atoms with Crippen LogP contribution in [-0.4, -0.2) is 32.1 Å². The molecule has 0 saturated heterocycles. The molecule has 0 bridgehead atoms. The largest absolute Gasteiger partial charge is 0.496 e. The molecule has 0 radical (unpaired) electrons. The summed E-state index contributed by atoms with van der Waals surface area (Å²) in [5, 5.41) is 2.80. The first-order chi connectivity index (χ1) is 10.1. The zero-order valence-corrected chi connectivity index (χ0v) is 12.9.